The third kappa shape index (κ3) is 4.58. The summed E-state index contributed by atoms with van der Waals surface area (Å²) in [5.41, 5.74) is 2.52. The van der Waals surface area contributed by atoms with Crippen LogP contribution in [0.15, 0.2) is 48.5 Å². The molecule has 0 aliphatic heterocycles. The largest absolute Gasteiger partial charge is 0.465 e. The number of hydrogen-bond donors (Lipinski definition) is 1. The lowest BCUT2D eigenvalue weighted by atomic mass is 10.0. The maximum Gasteiger partial charge on any atom is 0.337 e. The number of anilines is 1. The van der Waals surface area contributed by atoms with Crippen LogP contribution in [0.3, 0.4) is 0 Å². The van der Waals surface area contributed by atoms with Crippen molar-refractivity contribution in [1.82, 2.24) is 0 Å². The van der Waals surface area contributed by atoms with Crippen LogP contribution in [0.4, 0.5) is 5.69 Å². The van der Waals surface area contributed by atoms with Crippen molar-refractivity contribution in [2.45, 2.75) is 25.5 Å². The van der Waals surface area contributed by atoms with Crippen molar-refractivity contribution < 1.29 is 17.9 Å². The zero-order valence-corrected chi connectivity index (χ0v) is 14.8. The summed E-state index contributed by atoms with van der Waals surface area (Å²) in [5.74, 6) is -0.405. The summed E-state index contributed by atoms with van der Waals surface area (Å²) in [5, 5.41) is 0. The Labute approximate surface area is 142 Å². The molecular weight excluding hydrogens is 326 g/mol. The molecule has 0 atom stereocenters. The van der Waals surface area contributed by atoms with Crippen molar-refractivity contribution in [1.29, 1.82) is 0 Å². The monoisotopic (exact) mass is 347 g/mol. The average molecular weight is 347 g/mol. The first-order valence-corrected chi connectivity index (χ1v) is 9.24. The molecule has 0 radical (unpaired) electrons. The minimum absolute atomic E-state index is 0.166. The molecule has 2 aromatic rings. The number of carbonyl (C=O) groups excluding carboxylic acids is 1. The molecule has 0 unspecified atom stereocenters. The fourth-order valence-electron chi connectivity index (χ4n) is 2.37. The maximum atomic E-state index is 12.4. The minimum Gasteiger partial charge on any atom is -0.465 e. The minimum atomic E-state index is -3.55. The Morgan fingerprint density at radius 1 is 1.08 bits per heavy atom. The molecule has 0 heterocycles. The quantitative estimate of drug-likeness (QED) is 0.811. The molecule has 0 aromatic heterocycles. The first-order chi connectivity index (χ1) is 11.3. The van der Waals surface area contributed by atoms with Crippen molar-refractivity contribution in [3.63, 3.8) is 0 Å². The van der Waals surface area contributed by atoms with Crippen LogP contribution in [-0.2, 0) is 20.5 Å². The number of hydrogen-bond acceptors (Lipinski definition) is 4. The van der Waals surface area contributed by atoms with Gasteiger partial charge in [-0.25, -0.2) is 13.2 Å². The van der Waals surface area contributed by atoms with Crippen LogP contribution in [0.2, 0.25) is 0 Å². The second-order valence-corrected chi connectivity index (χ2v) is 7.51. The van der Waals surface area contributed by atoms with Gasteiger partial charge in [-0.3, -0.25) is 4.72 Å². The molecule has 0 spiro atoms. The number of ether oxygens (including phenoxy) is 1. The molecule has 0 saturated carbocycles. The normalized spacial score (nSPS) is 11.3. The predicted octanol–water partition coefficient (Wildman–Crippen LogP) is 3.54. The van der Waals surface area contributed by atoms with Gasteiger partial charge in [-0.2, -0.15) is 0 Å². The van der Waals surface area contributed by atoms with Gasteiger partial charge in [0.05, 0.1) is 24.1 Å². The van der Waals surface area contributed by atoms with Gasteiger partial charge in [0.1, 0.15) is 0 Å². The molecule has 6 heteroatoms. The van der Waals surface area contributed by atoms with E-state index < -0.39 is 16.0 Å². The standard InChI is InChI=1S/C18H21NO4S/c1-13(2)16-6-4-5-7-17(16)19-24(21,22)12-14-8-10-15(11-9-14)18(20)23-3/h4-11,13,19H,12H2,1-3H3. The summed E-state index contributed by atoms with van der Waals surface area (Å²) in [6.45, 7) is 4.03. The number of carbonyl (C=O) groups is 1. The van der Waals surface area contributed by atoms with Gasteiger partial charge in [-0.1, -0.05) is 44.2 Å². The molecule has 0 aliphatic carbocycles. The van der Waals surface area contributed by atoms with Gasteiger partial charge in [0.15, 0.2) is 0 Å². The Bertz CT molecular complexity index is 811. The molecular formula is C18H21NO4S. The maximum absolute atomic E-state index is 12.4. The number of para-hydroxylation sites is 1. The molecule has 1 N–H and O–H groups in total. The molecule has 0 amide bonds. The molecule has 0 bridgehead atoms. The van der Waals surface area contributed by atoms with Crippen molar-refractivity contribution in [3.05, 3.63) is 65.2 Å². The topological polar surface area (TPSA) is 72.5 Å². The van der Waals surface area contributed by atoms with Crippen molar-refractivity contribution in [2.75, 3.05) is 11.8 Å². The Kier molecular flexibility index (Phi) is 5.62. The van der Waals surface area contributed by atoms with E-state index in [1.807, 2.05) is 26.0 Å². The van der Waals surface area contributed by atoms with Crippen LogP contribution in [0, 0.1) is 0 Å². The number of rotatable bonds is 6. The number of benzene rings is 2. The zero-order chi connectivity index (χ0) is 17.7. The highest BCUT2D eigenvalue weighted by atomic mass is 32.2. The summed E-state index contributed by atoms with van der Waals surface area (Å²) < 4.78 is 32.1. The number of sulfonamides is 1. The van der Waals surface area contributed by atoms with Gasteiger partial charge >= 0.3 is 5.97 Å². The lowest BCUT2D eigenvalue weighted by molar-refractivity contribution is 0.0600. The molecule has 2 aromatic carbocycles. The lowest BCUT2D eigenvalue weighted by Crippen LogP contribution is -2.16. The summed E-state index contributed by atoms with van der Waals surface area (Å²) in [4.78, 5) is 11.4. The summed E-state index contributed by atoms with van der Waals surface area (Å²) in [6.07, 6.45) is 0. The van der Waals surface area contributed by atoms with Gasteiger partial charge in [-0.15, -0.1) is 0 Å². The Morgan fingerprint density at radius 2 is 1.71 bits per heavy atom. The van der Waals surface area contributed by atoms with E-state index >= 15 is 0 Å². The highest BCUT2D eigenvalue weighted by Gasteiger charge is 2.15. The second kappa shape index (κ2) is 7.49. The van der Waals surface area contributed by atoms with Gasteiger partial charge in [-0.05, 0) is 35.2 Å². The molecule has 0 fully saturated rings. The van der Waals surface area contributed by atoms with E-state index in [4.69, 9.17) is 0 Å². The summed E-state index contributed by atoms with van der Waals surface area (Å²) in [6, 6.07) is 13.7. The summed E-state index contributed by atoms with van der Waals surface area (Å²) >= 11 is 0. The Morgan fingerprint density at radius 3 is 2.29 bits per heavy atom. The molecule has 0 saturated heterocycles. The Hall–Kier alpha value is -2.34. The van der Waals surface area contributed by atoms with E-state index in [0.29, 0.717) is 16.8 Å². The van der Waals surface area contributed by atoms with Crippen LogP contribution < -0.4 is 4.72 Å². The first kappa shape index (κ1) is 18.0. The van der Waals surface area contributed by atoms with E-state index in [-0.39, 0.29) is 11.7 Å². The predicted molar refractivity (Wildman–Crippen MR) is 94.6 cm³/mol. The molecule has 0 aliphatic rings. The van der Waals surface area contributed by atoms with E-state index in [1.54, 1.807) is 36.4 Å². The summed E-state index contributed by atoms with van der Waals surface area (Å²) in [7, 11) is -2.25. The van der Waals surface area contributed by atoms with Gasteiger partial charge < -0.3 is 4.74 Å². The van der Waals surface area contributed by atoms with E-state index in [9.17, 15) is 13.2 Å². The zero-order valence-electron chi connectivity index (χ0n) is 13.9. The van der Waals surface area contributed by atoms with Crippen molar-refractivity contribution >= 4 is 21.7 Å². The highest BCUT2D eigenvalue weighted by Crippen LogP contribution is 2.25. The van der Waals surface area contributed by atoms with Crippen LogP contribution in [0.5, 0.6) is 0 Å². The number of nitrogens with one attached hydrogen (secondary N) is 1. The van der Waals surface area contributed by atoms with Gasteiger partial charge in [0, 0.05) is 0 Å². The molecule has 5 nitrogen and oxygen atoms in total. The van der Waals surface area contributed by atoms with Crippen LogP contribution in [-0.4, -0.2) is 21.5 Å². The van der Waals surface area contributed by atoms with E-state index in [2.05, 4.69) is 9.46 Å². The average Bonchev–Trinajstić information content (AvgIpc) is 2.54. The first-order valence-electron chi connectivity index (χ1n) is 7.59. The van der Waals surface area contributed by atoms with E-state index in [1.165, 1.54) is 7.11 Å². The molecule has 24 heavy (non-hydrogen) atoms. The Balaban J connectivity index is 2.16. The van der Waals surface area contributed by atoms with Crippen molar-refractivity contribution in [2.24, 2.45) is 0 Å². The van der Waals surface area contributed by atoms with E-state index in [0.717, 1.165) is 5.56 Å². The van der Waals surface area contributed by atoms with Crippen LogP contribution in [0.1, 0.15) is 41.3 Å². The number of methoxy groups -OCH3 is 1. The lowest BCUT2D eigenvalue weighted by Gasteiger charge is -2.15. The highest BCUT2D eigenvalue weighted by molar-refractivity contribution is 7.91. The SMILES string of the molecule is COC(=O)c1ccc(CS(=O)(=O)Nc2ccccc2C(C)C)cc1. The second-order valence-electron chi connectivity index (χ2n) is 5.79. The van der Waals surface area contributed by atoms with Gasteiger partial charge in [0.25, 0.3) is 0 Å². The third-order valence-corrected chi connectivity index (χ3v) is 4.82. The fraction of sp³-hybridized carbons (Fsp3) is 0.278. The van der Waals surface area contributed by atoms with Crippen molar-refractivity contribution in [3.8, 4) is 0 Å². The van der Waals surface area contributed by atoms with Gasteiger partial charge in [0.2, 0.25) is 10.0 Å². The number of esters is 1. The molecule has 128 valence electrons. The smallest absolute Gasteiger partial charge is 0.337 e. The molecule has 2 rings (SSSR count). The third-order valence-electron chi connectivity index (χ3n) is 3.58. The van der Waals surface area contributed by atoms with Crippen LogP contribution >= 0.6 is 0 Å². The fourth-order valence-corrected chi connectivity index (χ4v) is 3.60. The van der Waals surface area contributed by atoms with Crippen LogP contribution in [0.25, 0.3) is 0 Å².